The number of rotatable bonds is 7. The highest BCUT2D eigenvalue weighted by Crippen LogP contribution is 2.46. The Balaban J connectivity index is 2.15. The molecule has 0 bridgehead atoms. The van der Waals surface area contributed by atoms with Gasteiger partial charge in [0, 0.05) is 39.1 Å². The third-order valence-corrected chi connectivity index (χ3v) is 6.29. The molecule has 0 unspecified atom stereocenters. The van der Waals surface area contributed by atoms with Crippen LogP contribution in [0.5, 0.6) is 0 Å². The lowest BCUT2D eigenvalue weighted by Gasteiger charge is -2.35. The fourth-order valence-corrected chi connectivity index (χ4v) is 4.81. The monoisotopic (exact) mass is 468 g/mol. The molecule has 180 valence electrons. The summed E-state index contributed by atoms with van der Waals surface area (Å²) in [7, 11) is 7.77. The fourth-order valence-electron chi connectivity index (χ4n) is 4.81. The van der Waals surface area contributed by atoms with Gasteiger partial charge in [-0.15, -0.1) is 0 Å². The highest BCUT2D eigenvalue weighted by molar-refractivity contribution is 6.12. The molecule has 0 radical (unpaired) electrons. The van der Waals surface area contributed by atoms with E-state index < -0.39 is 5.60 Å². The van der Waals surface area contributed by atoms with Crippen molar-refractivity contribution < 1.29 is 14.6 Å². The van der Waals surface area contributed by atoms with Gasteiger partial charge >= 0.3 is 5.97 Å². The van der Waals surface area contributed by atoms with Crippen molar-refractivity contribution in [2.24, 2.45) is 0 Å². The summed E-state index contributed by atoms with van der Waals surface area (Å²) in [6.45, 7) is 2.10. The summed E-state index contributed by atoms with van der Waals surface area (Å²) in [4.78, 5) is 16.9. The van der Waals surface area contributed by atoms with E-state index >= 15 is 0 Å². The van der Waals surface area contributed by atoms with Crippen molar-refractivity contribution in [1.29, 1.82) is 0 Å². The molecule has 0 saturated carbocycles. The second-order valence-electron chi connectivity index (χ2n) is 8.97. The molecular weight excluding hydrogens is 436 g/mol. The molecule has 4 rings (SSSR count). The second-order valence-corrected chi connectivity index (χ2v) is 8.97. The number of carbonyl (C=O) groups excluding carboxylic acids is 1. The van der Waals surface area contributed by atoms with Crippen molar-refractivity contribution in [2.75, 3.05) is 44.6 Å². The molecule has 0 amide bonds. The molecule has 0 heterocycles. The number of ether oxygens (including phenoxy) is 1. The minimum atomic E-state index is -1.42. The first-order chi connectivity index (χ1) is 16.8. The van der Waals surface area contributed by atoms with Crippen molar-refractivity contribution in [3.63, 3.8) is 0 Å². The van der Waals surface area contributed by atoms with Crippen molar-refractivity contribution in [1.82, 2.24) is 0 Å². The van der Waals surface area contributed by atoms with E-state index in [2.05, 4.69) is 0 Å². The molecule has 0 fully saturated rings. The number of benzene rings is 4. The van der Waals surface area contributed by atoms with E-state index in [-0.39, 0.29) is 5.97 Å². The minimum absolute atomic E-state index is 0.298. The normalized spacial score (nSPS) is 11.4. The van der Waals surface area contributed by atoms with Gasteiger partial charge in [-0.3, -0.25) is 0 Å². The van der Waals surface area contributed by atoms with E-state index in [1.54, 1.807) is 6.92 Å². The topological polar surface area (TPSA) is 53.0 Å². The van der Waals surface area contributed by atoms with Gasteiger partial charge in [0.2, 0.25) is 0 Å². The highest BCUT2D eigenvalue weighted by Gasteiger charge is 2.37. The molecule has 0 spiro atoms. The summed E-state index contributed by atoms with van der Waals surface area (Å²) < 4.78 is 5.38. The van der Waals surface area contributed by atoms with Crippen molar-refractivity contribution in [3.8, 4) is 0 Å². The fraction of sp³-hybridized carbons (Fsp3) is 0.233. The summed E-state index contributed by atoms with van der Waals surface area (Å²) in [5.41, 5.74) is 2.94. The first-order valence-corrected chi connectivity index (χ1v) is 11.8. The Morgan fingerprint density at radius 1 is 0.771 bits per heavy atom. The zero-order valence-corrected chi connectivity index (χ0v) is 20.9. The second kappa shape index (κ2) is 9.80. The van der Waals surface area contributed by atoms with Crippen LogP contribution in [-0.2, 0) is 10.3 Å². The molecule has 4 aromatic carbocycles. The van der Waals surface area contributed by atoms with Crippen LogP contribution in [0.3, 0.4) is 0 Å². The first kappa shape index (κ1) is 24.3. The zero-order chi connectivity index (χ0) is 25.2. The number of fused-ring (bicyclic) bond motifs is 1. The van der Waals surface area contributed by atoms with E-state index in [9.17, 15) is 9.90 Å². The number of anilines is 2. The standard InChI is InChI=1S/C30H32N2O3/c1-6-35-29(33)24-19-17-21-18-20-25(28(32(4)5)26(21)27(24)31(2)3)30(34,22-13-9-7-10-14-22)23-15-11-8-12-16-23/h7-20,34H,6H2,1-5H3. The summed E-state index contributed by atoms with van der Waals surface area (Å²) in [6, 6.07) is 27.1. The Morgan fingerprint density at radius 3 is 1.77 bits per heavy atom. The van der Waals surface area contributed by atoms with Gasteiger partial charge in [0.05, 0.1) is 23.5 Å². The molecule has 0 aliphatic heterocycles. The Morgan fingerprint density at radius 2 is 1.29 bits per heavy atom. The predicted octanol–water partition coefficient (Wildman–Crippen LogP) is 5.43. The van der Waals surface area contributed by atoms with Crippen LogP contribution in [0.1, 0.15) is 34.0 Å². The van der Waals surface area contributed by atoms with Gasteiger partial charge in [0.1, 0.15) is 5.60 Å². The summed E-state index contributed by atoms with van der Waals surface area (Å²) in [5, 5.41) is 14.4. The Kier molecular flexibility index (Phi) is 6.81. The van der Waals surface area contributed by atoms with Crippen LogP contribution < -0.4 is 9.80 Å². The molecule has 5 nitrogen and oxygen atoms in total. The summed E-state index contributed by atoms with van der Waals surface area (Å²) >= 11 is 0. The molecule has 0 aliphatic carbocycles. The smallest absolute Gasteiger partial charge is 0.340 e. The van der Waals surface area contributed by atoms with Crippen LogP contribution >= 0.6 is 0 Å². The Labute approximate surface area is 207 Å². The molecule has 0 aromatic heterocycles. The molecule has 5 heteroatoms. The highest BCUT2D eigenvalue weighted by atomic mass is 16.5. The number of aliphatic hydroxyl groups is 1. The van der Waals surface area contributed by atoms with Crippen LogP contribution in [0.2, 0.25) is 0 Å². The number of hydrogen-bond donors (Lipinski definition) is 1. The van der Waals surface area contributed by atoms with Gasteiger partial charge in [-0.25, -0.2) is 4.79 Å². The first-order valence-electron chi connectivity index (χ1n) is 11.8. The molecule has 35 heavy (non-hydrogen) atoms. The van der Waals surface area contributed by atoms with Crippen LogP contribution in [0.25, 0.3) is 10.8 Å². The molecule has 4 aromatic rings. The molecule has 1 N–H and O–H groups in total. The van der Waals surface area contributed by atoms with Crippen molar-refractivity contribution in [2.45, 2.75) is 12.5 Å². The predicted molar refractivity (Wildman–Crippen MR) is 144 cm³/mol. The number of esters is 1. The average Bonchev–Trinajstić information content (AvgIpc) is 2.87. The maximum absolute atomic E-state index is 12.9. The SMILES string of the molecule is CCOC(=O)c1ccc2ccc(C(O)(c3ccccc3)c3ccccc3)c(N(C)C)c2c1N(C)C. The van der Waals surface area contributed by atoms with Gasteiger partial charge in [-0.2, -0.15) is 0 Å². The van der Waals surface area contributed by atoms with E-state index in [4.69, 9.17) is 4.74 Å². The van der Waals surface area contributed by atoms with Crippen LogP contribution in [0, 0.1) is 0 Å². The third-order valence-electron chi connectivity index (χ3n) is 6.29. The van der Waals surface area contributed by atoms with Gasteiger partial charge in [-0.05, 0) is 29.5 Å². The minimum Gasteiger partial charge on any atom is -0.462 e. The van der Waals surface area contributed by atoms with Gasteiger partial charge in [-0.1, -0.05) is 78.9 Å². The van der Waals surface area contributed by atoms with Crippen LogP contribution in [0.4, 0.5) is 11.4 Å². The number of nitrogens with zero attached hydrogens (tertiary/aromatic N) is 2. The van der Waals surface area contributed by atoms with E-state index in [1.807, 2.05) is 123 Å². The zero-order valence-electron chi connectivity index (χ0n) is 20.9. The maximum Gasteiger partial charge on any atom is 0.340 e. The largest absolute Gasteiger partial charge is 0.462 e. The van der Waals surface area contributed by atoms with Gasteiger partial charge in [0.25, 0.3) is 0 Å². The van der Waals surface area contributed by atoms with Crippen molar-refractivity contribution in [3.05, 3.63) is 107 Å². The molecule has 0 atom stereocenters. The molecule has 0 aliphatic rings. The van der Waals surface area contributed by atoms with E-state index in [0.29, 0.717) is 12.2 Å². The number of carbonyl (C=O) groups is 1. The molecular formula is C30H32N2O3. The lowest BCUT2D eigenvalue weighted by atomic mass is 9.78. The quantitative estimate of drug-likeness (QED) is 0.289. The Hall–Kier alpha value is -3.83. The van der Waals surface area contributed by atoms with Gasteiger partial charge in [0.15, 0.2) is 0 Å². The van der Waals surface area contributed by atoms with Crippen LogP contribution in [0.15, 0.2) is 84.9 Å². The molecule has 0 saturated heterocycles. The Bertz CT molecular complexity index is 1290. The van der Waals surface area contributed by atoms with Crippen LogP contribution in [-0.4, -0.2) is 45.9 Å². The number of hydrogen-bond acceptors (Lipinski definition) is 5. The lowest BCUT2D eigenvalue weighted by Crippen LogP contribution is -2.31. The van der Waals surface area contributed by atoms with E-state index in [0.717, 1.165) is 38.8 Å². The average molecular weight is 469 g/mol. The maximum atomic E-state index is 12.9. The summed E-state index contributed by atoms with van der Waals surface area (Å²) in [5.74, 6) is -0.366. The van der Waals surface area contributed by atoms with Gasteiger partial charge < -0.3 is 19.6 Å². The third kappa shape index (κ3) is 4.24. The van der Waals surface area contributed by atoms with E-state index in [1.165, 1.54) is 0 Å². The van der Waals surface area contributed by atoms with Crippen molar-refractivity contribution >= 4 is 28.1 Å². The lowest BCUT2D eigenvalue weighted by molar-refractivity contribution is 0.0527. The summed E-state index contributed by atoms with van der Waals surface area (Å²) in [6.07, 6.45) is 0.